The molecular formula is C12H12ClIN4O. The van der Waals surface area contributed by atoms with Crippen molar-refractivity contribution >= 4 is 45.8 Å². The zero-order valence-corrected chi connectivity index (χ0v) is 13.3. The third-order valence-electron chi connectivity index (χ3n) is 2.43. The van der Waals surface area contributed by atoms with Crippen LogP contribution in [0.5, 0.6) is 0 Å². The van der Waals surface area contributed by atoms with Gasteiger partial charge in [0.2, 0.25) is 5.82 Å². The summed E-state index contributed by atoms with van der Waals surface area (Å²) in [5, 5.41) is 9.80. The monoisotopic (exact) mass is 390 g/mol. The molecule has 0 atom stereocenters. The maximum Gasteiger partial charge on any atom is 0.295 e. The fourth-order valence-corrected chi connectivity index (χ4v) is 2.31. The lowest BCUT2D eigenvalue weighted by Crippen LogP contribution is -2.14. The molecule has 0 bridgehead atoms. The maximum absolute atomic E-state index is 12.0. The molecule has 0 spiro atoms. The molecule has 1 heterocycles. The topological polar surface area (TPSA) is 70.7 Å². The number of amides is 1. The van der Waals surface area contributed by atoms with Gasteiger partial charge in [-0.25, -0.2) is 4.98 Å². The molecule has 1 amide bonds. The summed E-state index contributed by atoms with van der Waals surface area (Å²) in [6.07, 6.45) is 0. The van der Waals surface area contributed by atoms with Crippen LogP contribution >= 0.6 is 34.2 Å². The van der Waals surface area contributed by atoms with E-state index in [0.29, 0.717) is 16.5 Å². The highest BCUT2D eigenvalue weighted by molar-refractivity contribution is 14.1. The van der Waals surface area contributed by atoms with E-state index in [0.717, 1.165) is 3.57 Å². The Hall–Kier alpha value is -1.15. The van der Waals surface area contributed by atoms with Crippen LogP contribution in [0, 0.1) is 3.57 Å². The zero-order chi connectivity index (χ0) is 14.0. The van der Waals surface area contributed by atoms with Gasteiger partial charge in [-0.15, -0.1) is 5.10 Å². The van der Waals surface area contributed by atoms with Gasteiger partial charge in [-0.2, -0.15) is 0 Å². The number of aromatic nitrogens is 3. The molecule has 0 aliphatic heterocycles. The van der Waals surface area contributed by atoms with E-state index in [1.54, 1.807) is 12.1 Å². The number of nitrogens with one attached hydrogen (secondary N) is 2. The number of rotatable bonds is 3. The van der Waals surface area contributed by atoms with E-state index in [-0.39, 0.29) is 17.6 Å². The number of carbonyl (C=O) groups is 1. The number of nitrogens with zero attached hydrogens (tertiary/aromatic N) is 2. The molecule has 2 aromatic rings. The smallest absolute Gasteiger partial charge is 0.295 e. The van der Waals surface area contributed by atoms with Crippen LogP contribution in [0.15, 0.2) is 18.2 Å². The van der Waals surface area contributed by atoms with E-state index in [1.165, 1.54) is 0 Å². The fourth-order valence-electron chi connectivity index (χ4n) is 1.40. The molecule has 0 aliphatic rings. The van der Waals surface area contributed by atoms with Crippen LogP contribution in [0.4, 0.5) is 5.69 Å². The first-order valence-corrected chi connectivity index (χ1v) is 7.11. The normalized spacial score (nSPS) is 10.8. The van der Waals surface area contributed by atoms with Gasteiger partial charge in [0.15, 0.2) is 0 Å². The van der Waals surface area contributed by atoms with E-state index < -0.39 is 0 Å². The fraction of sp³-hybridized carbons (Fsp3) is 0.250. The van der Waals surface area contributed by atoms with Gasteiger partial charge in [0.1, 0.15) is 5.82 Å². The lowest BCUT2D eigenvalue weighted by molar-refractivity contribution is 0.101. The molecule has 0 fully saturated rings. The van der Waals surface area contributed by atoms with Crippen molar-refractivity contribution in [1.82, 2.24) is 15.2 Å². The van der Waals surface area contributed by atoms with Crippen LogP contribution in [0.1, 0.15) is 36.2 Å². The van der Waals surface area contributed by atoms with Gasteiger partial charge in [0.05, 0.1) is 10.7 Å². The summed E-state index contributed by atoms with van der Waals surface area (Å²) in [7, 11) is 0. The van der Waals surface area contributed by atoms with Gasteiger partial charge >= 0.3 is 0 Å². The average Bonchev–Trinajstić information content (AvgIpc) is 2.82. The number of hydrogen-bond acceptors (Lipinski definition) is 3. The molecule has 0 saturated heterocycles. The van der Waals surface area contributed by atoms with Crippen LogP contribution in [0.3, 0.4) is 0 Å². The minimum atomic E-state index is -0.383. The van der Waals surface area contributed by atoms with Crippen molar-refractivity contribution in [2.45, 2.75) is 19.8 Å². The molecule has 1 aromatic carbocycles. The number of carbonyl (C=O) groups excluding carboxylic acids is 1. The van der Waals surface area contributed by atoms with Crippen molar-refractivity contribution in [1.29, 1.82) is 0 Å². The van der Waals surface area contributed by atoms with E-state index in [2.05, 4.69) is 43.1 Å². The Bertz CT molecular complexity index is 612. The molecule has 100 valence electrons. The number of hydrogen-bond donors (Lipinski definition) is 2. The van der Waals surface area contributed by atoms with Crippen molar-refractivity contribution < 1.29 is 4.79 Å². The standard InChI is InChI=1S/C12H12ClIN4O/c1-6(2)10-16-11(18-17-10)12(19)15-9-4-3-7(14)5-8(9)13/h3-6H,1-2H3,(H,15,19)(H,16,17,18). The van der Waals surface area contributed by atoms with Crippen LogP contribution in [-0.4, -0.2) is 21.1 Å². The average molecular weight is 391 g/mol. The minimum Gasteiger partial charge on any atom is -0.318 e. The molecule has 7 heteroatoms. The predicted molar refractivity (Wildman–Crippen MR) is 82.6 cm³/mol. The largest absolute Gasteiger partial charge is 0.318 e. The molecule has 0 aliphatic carbocycles. The summed E-state index contributed by atoms with van der Waals surface area (Å²) in [5.74, 6) is 0.597. The van der Waals surface area contributed by atoms with Crippen LogP contribution in [0.25, 0.3) is 0 Å². The molecule has 0 saturated carbocycles. The molecule has 1 aromatic heterocycles. The third-order valence-corrected chi connectivity index (χ3v) is 3.42. The quantitative estimate of drug-likeness (QED) is 0.789. The Balaban J connectivity index is 2.16. The number of aromatic amines is 1. The Morgan fingerprint density at radius 1 is 1.47 bits per heavy atom. The number of H-pyrrole nitrogens is 1. The molecule has 2 N–H and O–H groups in total. The molecule has 0 unspecified atom stereocenters. The second-order valence-corrected chi connectivity index (χ2v) is 5.93. The SMILES string of the molecule is CC(C)c1nc(C(=O)Nc2ccc(I)cc2Cl)n[nH]1. The van der Waals surface area contributed by atoms with Crippen molar-refractivity contribution in [3.63, 3.8) is 0 Å². The van der Waals surface area contributed by atoms with E-state index in [9.17, 15) is 4.79 Å². The van der Waals surface area contributed by atoms with Gasteiger partial charge in [-0.3, -0.25) is 9.89 Å². The highest BCUT2D eigenvalue weighted by Crippen LogP contribution is 2.24. The molecule has 0 radical (unpaired) electrons. The van der Waals surface area contributed by atoms with Crippen LogP contribution in [-0.2, 0) is 0 Å². The third kappa shape index (κ3) is 3.44. The Morgan fingerprint density at radius 3 is 2.79 bits per heavy atom. The van der Waals surface area contributed by atoms with Crippen molar-refractivity contribution in [3.8, 4) is 0 Å². The Labute approximate surface area is 129 Å². The van der Waals surface area contributed by atoms with Gasteiger partial charge in [-0.1, -0.05) is 25.4 Å². The summed E-state index contributed by atoms with van der Waals surface area (Å²) < 4.78 is 1.00. The number of anilines is 1. The predicted octanol–water partition coefficient (Wildman–Crippen LogP) is 3.44. The first-order valence-electron chi connectivity index (χ1n) is 5.66. The van der Waals surface area contributed by atoms with Crippen LogP contribution in [0.2, 0.25) is 5.02 Å². The molecular weight excluding hydrogens is 379 g/mol. The molecule has 19 heavy (non-hydrogen) atoms. The highest BCUT2D eigenvalue weighted by Gasteiger charge is 2.15. The van der Waals surface area contributed by atoms with Crippen molar-refractivity contribution in [2.75, 3.05) is 5.32 Å². The van der Waals surface area contributed by atoms with E-state index in [4.69, 9.17) is 11.6 Å². The summed E-state index contributed by atoms with van der Waals surface area (Å²) in [6.45, 7) is 3.94. The summed E-state index contributed by atoms with van der Waals surface area (Å²) in [4.78, 5) is 16.1. The second-order valence-electron chi connectivity index (χ2n) is 4.28. The van der Waals surface area contributed by atoms with E-state index >= 15 is 0 Å². The van der Waals surface area contributed by atoms with Crippen molar-refractivity contribution in [2.24, 2.45) is 0 Å². The Kier molecular flexibility index (Phi) is 4.41. The summed E-state index contributed by atoms with van der Waals surface area (Å²) in [6, 6.07) is 5.38. The lowest BCUT2D eigenvalue weighted by atomic mass is 10.2. The molecule has 2 rings (SSSR count). The Morgan fingerprint density at radius 2 is 2.21 bits per heavy atom. The number of benzene rings is 1. The van der Waals surface area contributed by atoms with Crippen LogP contribution < -0.4 is 5.32 Å². The van der Waals surface area contributed by atoms with Gasteiger partial charge in [0.25, 0.3) is 5.91 Å². The summed E-state index contributed by atoms with van der Waals surface area (Å²) >= 11 is 8.20. The zero-order valence-electron chi connectivity index (χ0n) is 10.4. The van der Waals surface area contributed by atoms with Crippen molar-refractivity contribution in [3.05, 3.63) is 38.4 Å². The first kappa shape index (κ1) is 14.3. The maximum atomic E-state index is 12.0. The first-order chi connectivity index (χ1) is 8.97. The second kappa shape index (κ2) is 5.87. The lowest BCUT2D eigenvalue weighted by Gasteiger charge is -2.05. The van der Waals surface area contributed by atoms with Gasteiger partial charge in [-0.05, 0) is 40.8 Å². The van der Waals surface area contributed by atoms with Gasteiger partial charge < -0.3 is 5.32 Å². The number of halogens is 2. The highest BCUT2D eigenvalue weighted by atomic mass is 127. The molecule has 5 nitrogen and oxygen atoms in total. The summed E-state index contributed by atoms with van der Waals surface area (Å²) in [5.41, 5.74) is 0.544. The minimum absolute atomic E-state index is 0.110. The van der Waals surface area contributed by atoms with Gasteiger partial charge in [0, 0.05) is 9.49 Å². The van der Waals surface area contributed by atoms with E-state index in [1.807, 2.05) is 19.9 Å².